The summed E-state index contributed by atoms with van der Waals surface area (Å²) in [5, 5.41) is 0. The summed E-state index contributed by atoms with van der Waals surface area (Å²) in [6.07, 6.45) is 1.64. The van der Waals surface area contributed by atoms with E-state index >= 15 is 0 Å². The summed E-state index contributed by atoms with van der Waals surface area (Å²) in [5.74, 6) is 0.299. The van der Waals surface area contributed by atoms with Crippen molar-refractivity contribution in [2.75, 3.05) is 13.7 Å². The van der Waals surface area contributed by atoms with Gasteiger partial charge >= 0.3 is 5.97 Å². The van der Waals surface area contributed by atoms with Gasteiger partial charge in [-0.15, -0.1) is 0 Å². The van der Waals surface area contributed by atoms with Crippen molar-refractivity contribution in [3.63, 3.8) is 0 Å². The lowest BCUT2D eigenvalue weighted by molar-refractivity contribution is -0.149. The molecule has 1 aromatic rings. The molecule has 0 amide bonds. The van der Waals surface area contributed by atoms with Crippen molar-refractivity contribution in [3.05, 3.63) is 24.0 Å². The molecule has 4 nitrogen and oxygen atoms in total. The average Bonchev–Trinajstić information content (AvgIpc) is 2.29. The normalized spacial score (nSPS) is 11.0. The number of carbonyl (C=O) groups is 1. The number of rotatable bonds is 4. The molecular formula is C12H17NO3. The third kappa shape index (κ3) is 2.32. The van der Waals surface area contributed by atoms with E-state index in [-0.39, 0.29) is 5.97 Å². The monoisotopic (exact) mass is 223 g/mol. The lowest BCUT2D eigenvalue weighted by atomic mass is 9.88. The fraction of sp³-hybridized carbons (Fsp3) is 0.500. The van der Waals surface area contributed by atoms with Crippen molar-refractivity contribution >= 4 is 5.97 Å². The molecule has 88 valence electrons. The number of pyridine rings is 1. The van der Waals surface area contributed by atoms with Crippen LogP contribution in [0.2, 0.25) is 0 Å². The lowest BCUT2D eigenvalue weighted by Gasteiger charge is -2.23. The first-order valence-electron chi connectivity index (χ1n) is 5.20. The molecular weight excluding hydrogens is 206 g/mol. The minimum atomic E-state index is -0.803. The average molecular weight is 223 g/mol. The van der Waals surface area contributed by atoms with Crippen LogP contribution >= 0.6 is 0 Å². The van der Waals surface area contributed by atoms with E-state index in [9.17, 15) is 4.79 Å². The number of carbonyl (C=O) groups excluding carboxylic acids is 1. The maximum absolute atomic E-state index is 11.8. The molecule has 0 saturated carbocycles. The standard InChI is InChI=1S/C12H17NO3/c1-5-16-11(14)12(2,3)10-9(15-4)7-6-8-13-10/h6-8H,5H2,1-4H3. The van der Waals surface area contributed by atoms with Crippen LogP contribution in [0.3, 0.4) is 0 Å². The molecule has 0 fully saturated rings. The van der Waals surface area contributed by atoms with E-state index < -0.39 is 5.41 Å². The van der Waals surface area contributed by atoms with E-state index in [2.05, 4.69) is 4.98 Å². The summed E-state index contributed by atoms with van der Waals surface area (Å²) in [5.41, 5.74) is -0.209. The number of hydrogen-bond acceptors (Lipinski definition) is 4. The predicted molar refractivity (Wildman–Crippen MR) is 60.4 cm³/mol. The first-order valence-corrected chi connectivity index (χ1v) is 5.20. The Balaban J connectivity index is 3.10. The van der Waals surface area contributed by atoms with Crippen LogP contribution in [0.25, 0.3) is 0 Å². The SMILES string of the molecule is CCOC(=O)C(C)(C)c1ncccc1OC. The predicted octanol–water partition coefficient (Wildman–Crippen LogP) is 1.93. The number of ether oxygens (including phenoxy) is 2. The van der Waals surface area contributed by atoms with Gasteiger partial charge in [-0.1, -0.05) is 0 Å². The Morgan fingerprint density at radius 3 is 2.75 bits per heavy atom. The molecule has 0 saturated heterocycles. The molecule has 0 spiro atoms. The second-order valence-electron chi connectivity index (χ2n) is 3.90. The Hall–Kier alpha value is -1.58. The van der Waals surface area contributed by atoms with Crippen molar-refractivity contribution in [3.8, 4) is 5.75 Å². The van der Waals surface area contributed by atoms with Gasteiger partial charge in [-0.2, -0.15) is 0 Å². The molecule has 0 aliphatic carbocycles. The minimum Gasteiger partial charge on any atom is -0.495 e. The summed E-state index contributed by atoms with van der Waals surface area (Å²) in [6.45, 7) is 5.69. The summed E-state index contributed by atoms with van der Waals surface area (Å²) in [6, 6.07) is 3.55. The van der Waals surface area contributed by atoms with Crippen molar-refractivity contribution in [1.29, 1.82) is 0 Å². The molecule has 1 aromatic heterocycles. The number of esters is 1. The minimum absolute atomic E-state index is 0.299. The van der Waals surface area contributed by atoms with Gasteiger partial charge in [0.2, 0.25) is 0 Å². The zero-order valence-corrected chi connectivity index (χ0v) is 10.1. The van der Waals surface area contributed by atoms with Crippen molar-refractivity contribution in [2.45, 2.75) is 26.2 Å². The number of nitrogens with zero attached hydrogens (tertiary/aromatic N) is 1. The third-order valence-corrected chi connectivity index (χ3v) is 2.37. The fourth-order valence-electron chi connectivity index (χ4n) is 1.43. The van der Waals surface area contributed by atoms with Gasteiger partial charge in [0.1, 0.15) is 11.2 Å². The van der Waals surface area contributed by atoms with E-state index in [1.807, 2.05) is 0 Å². The first-order chi connectivity index (χ1) is 7.54. The van der Waals surface area contributed by atoms with Gasteiger partial charge in [0.05, 0.1) is 19.4 Å². The fourth-order valence-corrected chi connectivity index (χ4v) is 1.43. The largest absolute Gasteiger partial charge is 0.495 e. The van der Waals surface area contributed by atoms with Crippen molar-refractivity contribution in [2.24, 2.45) is 0 Å². The van der Waals surface area contributed by atoms with Gasteiger partial charge in [-0.25, -0.2) is 0 Å². The Morgan fingerprint density at radius 2 is 2.19 bits per heavy atom. The Bertz CT molecular complexity index is 374. The number of methoxy groups -OCH3 is 1. The van der Waals surface area contributed by atoms with Crippen LogP contribution in [-0.4, -0.2) is 24.7 Å². The van der Waals surface area contributed by atoms with Crippen LogP contribution in [0.4, 0.5) is 0 Å². The van der Waals surface area contributed by atoms with E-state index in [1.165, 1.54) is 0 Å². The van der Waals surface area contributed by atoms with Gasteiger partial charge < -0.3 is 9.47 Å². The molecule has 0 unspecified atom stereocenters. The molecule has 0 aliphatic heterocycles. The molecule has 0 radical (unpaired) electrons. The van der Waals surface area contributed by atoms with E-state index in [4.69, 9.17) is 9.47 Å². The van der Waals surface area contributed by atoms with Crippen molar-refractivity contribution in [1.82, 2.24) is 4.98 Å². The topological polar surface area (TPSA) is 48.4 Å². The Kier molecular flexibility index (Phi) is 3.88. The Morgan fingerprint density at radius 1 is 1.50 bits per heavy atom. The van der Waals surface area contributed by atoms with Crippen LogP contribution in [0.5, 0.6) is 5.75 Å². The number of aromatic nitrogens is 1. The summed E-state index contributed by atoms with van der Waals surface area (Å²) >= 11 is 0. The third-order valence-electron chi connectivity index (χ3n) is 2.37. The molecule has 0 bridgehead atoms. The smallest absolute Gasteiger partial charge is 0.317 e. The van der Waals surface area contributed by atoms with Gasteiger partial charge in [-0.05, 0) is 32.9 Å². The highest BCUT2D eigenvalue weighted by Crippen LogP contribution is 2.30. The molecule has 16 heavy (non-hydrogen) atoms. The summed E-state index contributed by atoms with van der Waals surface area (Å²) < 4.78 is 10.2. The number of hydrogen-bond donors (Lipinski definition) is 0. The van der Waals surface area contributed by atoms with Gasteiger partial charge in [0.25, 0.3) is 0 Å². The highest BCUT2D eigenvalue weighted by molar-refractivity contribution is 5.82. The van der Waals surface area contributed by atoms with Crippen LogP contribution < -0.4 is 4.74 Å². The quantitative estimate of drug-likeness (QED) is 0.732. The Labute approximate surface area is 95.6 Å². The zero-order valence-electron chi connectivity index (χ0n) is 10.1. The van der Waals surface area contributed by atoms with E-state index in [1.54, 1.807) is 46.2 Å². The lowest BCUT2D eigenvalue weighted by Crippen LogP contribution is -2.32. The molecule has 0 N–H and O–H groups in total. The molecule has 0 aliphatic rings. The van der Waals surface area contributed by atoms with Gasteiger partial charge in [-0.3, -0.25) is 9.78 Å². The van der Waals surface area contributed by atoms with E-state index in [0.717, 1.165) is 0 Å². The van der Waals surface area contributed by atoms with E-state index in [0.29, 0.717) is 18.1 Å². The van der Waals surface area contributed by atoms with Crippen LogP contribution in [0, 0.1) is 0 Å². The van der Waals surface area contributed by atoms with Crippen LogP contribution in [-0.2, 0) is 14.9 Å². The first kappa shape index (κ1) is 12.5. The zero-order chi connectivity index (χ0) is 12.2. The molecule has 0 atom stereocenters. The maximum Gasteiger partial charge on any atom is 0.317 e. The van der Waals surface area contributed by atoms with Gasteiger partial charge in [0.15, 0.2) is 0 Å². The van der Waals surface area contributed by atoms with Crippen LogP contribution in [0.1, 0.15) is 26.5 Å². The molecule has 1 rings (SSSR count). The highest BCUT2D eigenvalue weighted by atomic mass is 16.5. The molecule has 1 heterocycles. The highest BCUT2D eigenvalue weighted by Gasteiger charge is 2.35. The van der Waals surface area contributed by atoms with Gasteiger partial charge in [0, 0.05) is 6.20 Å². The summed E-state index contributed by atoms with van der Waals surface area (Å²) in [4.78, 5) is 16.0. The second kappa shape index (κ2) is 4.96. The maximum atomic E-state index is 11.8. The molecule has 0 aromatic carbocycles. The second-order valence-corrected chi connectivity index (χ2v) is 3.90. The van der Waals surface area contributed by atoms with Crippen molar-refractivity contribution < 1.29 is 14.3 Å². The van der Waals surface area contributed by atoms with Crippen LogP contribution in [0.15, 0.2) is 18.3 Å². The summed E-state index contributed by atoms with van der Waals surface area (Å²) in [7, 11) is 1.56. The molecule has 4 heteroatoms.